The fourth-order valence-corrected chi connectivity index (χ4v) is 1.42. The number of rotatable bonds is 3. The van der Waals surface area contributed by atoms with Gasteiger partial charge in [0, 0.05) is 6.04 Å². The SMILES string of the molecule is O=C(Nc1cccc(F)c1C(=O)O)NC1CC1. The van der Waals surface area contributed by atoms with Crippen molar-refractivity contribution in [3.63, 3.8) is 0 Å². The van der Waals surface area contributed by atoms with E-state index in [0.717, 1.165) is 18.9 Å². The van der Waals surface area contributed by atoms with Crippen molar-refractivity contribution >= 4 is 17.7 Å². The molecule has 1 fully saturated rings. The van der Waals surface area contributed by atoms with E-state index in [1.54, 1.807) is 0 Å². The average Bonchev–Trinajstić information content (AvgIpc) is 3.00. The molecule has 6 heteroatoms. The molecule has 17 heavy (non-hydrogen) atoms. The molecule has 90 valence electrons. The summed E-state index contributed by atoms with van der Waals surface area (Å²) in [6.45, 7) is 0. The van der Waals surface area contributed by atoms with Gasteiger partial charge in [0.25, 0.3) is 0 Å². The molecule has 1 saturated carbocycles. The molecule has 1 aliphatic rings. The van der Waals surface area contributed by atoms with Crippen molar-refractivity contribution in [2.24, 2.45) is 0 Å². The van der Waals surface area contributed by atoms with E-state index in [-0.39, 0.29) is 11.7 Å². The van der Waals surface area contributed by atoms with Gasteiger partial charge in [-0.05, 0) is 25.0 Å². The monoisotopic (exact) mass is 238 g/mol. The molecule has 2 amide bonds. The highest BCUT2D eigenvalue weighted by Crippen LogP contribution is 2.21. The highest BCUT2D eigenvalue weighted by atomic mass is 19.1. The number of hydrogen-bond acceptors (Lipinski definition) is 2. The number of carboxylic acid groups (broad SMARTS) is 1. The maximum absolute atomic E-state index is 13.3. The van der Waals surface area contributed by atoms with E-state index in [9.17, 15) is 14.0 Å². The Morgan fingerprint density at radius 1 is 1.35 bits per heavy atom. The topological polar surface area (TPSA) is 78.4 Å². The number of halogens is 1. The Labute approximate surface area is 96.6 Å². The van der Waals surface area contributed by atoms with Crippen LogP contribution in [0.25, 0.3) is 0 Å². The quantitative estimate of drug-likeness (QED) is 0.751. The molecule has 0 spiro atoms. The van der Waals surface area contributed by atoms with Crippen LogP contribution >= 0.6 is 0 Å². The van der Waals surface area contributed by atoms with Gasteiger partial charge < -0.3 is 15.7 Å². The molecule has 5 nitrogen and oxygen atoms in total. The van der Waals surface area contributed by atoms with Crippen molar-refractivity contribution in [3.8, 4) is 0 Å². The normalized spacial score (nSPS) is 14.2. The van der Waals surface area contributed by atoms with Gasteiger partial charge in [-0.25, -0.2) is 14.0 Å². The van der Waals surface area contributed by atoms with Crippen molar-refractivity contribution in [2.45, 2.75) is 18.9 Å². The first-order valence-electron chi connectivity index (χ1n) is 5.17. The zero-order valence-corrected chi connectivity index (χ0v) is 8.87. The summed E-state index contributed by atoms with van der Waals surface area (Å²) in [5, 5.41) is 13.8. The summed E-state index contributed by atoms with van der Waals surface area (Å²) in [7, 11) is 0. The Bertz CT molecular complexity index is 472. The predicted octanol–water partition coefficient (Wildman–Crippen LogP) is 1.81. The number of carbonyl (C=O) groups excluding carboxylic acids is 1. The third kappa shape index (κ3) is 2.72. The number of carbonyl (C=O) groups is 2. The fourth-order valence-electron chi connectivity index (χ4n) is 1.42. The standard InChI is InChI=1S/C11H11FN2O3/c12-7-2-1-3-8(9(7)10(15)16)14-11(17)13-6-4-5-6/h1-3,6H,4-5H2,(H,15,16)(H2,13,14,17). The summed E-state index contributed by atoms with van der Waals surface area (Å²) < 4.78 is 13.3. The Morgan fingerprint density at radius 2 is 2.06 bits per heavy atom. The molecule has 2 rings (SSSR count). The molecule has 0 aromatic heterocycles. The molecule has 0 unspecified atom stereocenters. The molecule has 0 saturated heterocycles. The van der Waals surface area contributed by atoms with E-state index in [1.165, 1.54) is 12.1 Å². The largest absolute Gasteiger partial charge is 0.478 e. The van der Waals surface area contributed by atoms with Gasteiger partial charge in [0.1, 0.15) is 11.4 Å². The van der Waals surface area contributed by atoms with Gasteiger partial charge in [-0.15, -0.1) is 0 Å². The van der Waals surface area contributed by atoms with Crippen LogP contribution in [-0.4, -0.2) is 23.1 Å². The van der Waals surface area contributed by atoms with Gasteiger partial charge in [0.15, 0.2) is 0 Å². The van der Waals surface area contributed by atoms with Gasteiger partial charge in [0.2, 0.25) is 0 Å². The minimum atomic E-state index is -1.41. The van der Waals surface area contributed by atoms with Crippen LogP contribution in [-0.2, 0) is 0 Å². The van der Waals surface area contributed by atoms with E-state index in [4.69, 9.17) is 5.11 Å². The summed E-state index contributed by atoms with van der Waals surface area (Å²) in [6, 6.07) is 3.36. The summed E-state index contributed by atoms with van der Waals surface area (Å²) in [6.07, 6.45) is 1.84. The zero-order chi connectivity index (χ0) is 12.4. The lowest BCUT2D eigenvalue weighted by atomic mass is 10.1. The first-order chi connectivity index (χ1) is 8.08. The average molecular weight is 238 g/mol. The highest BCUT2D eigenvalue weighted by Gasteiger charge is 2.24. The van der Waals surface area contributed by atoms with E-state index < -0.39 is 23.4 Å². The number of urea groups is 1. The second-order valence-electron chi connectivity index (χ2n) is 3.84. The van der Waals surface area contributed by atoms with Crippen LogP contribution in [0.4, 0.5) is 14.9 Å². The predicted molar refractivity (Wildman–Crippen MR) is 58.5 cm³/mol. The van der Waals surface area contributed by atoms with Gasteiger partial charge in [-0.3, -0.25) is 0 Å². The lowest BCUT2D eigenvalue weighted by molar-refractivity contribution is 0.0693. The van der Waals surface area contributed by atoms with Crippen LogP contribution in [0.1, 0.15) is 23.2 Å². The maximum atomic E-state index is 13.3. The number of hydrogen-bond donors (Lipinski definition) is 3. The lowest BCUT2D eigenvalue weighted by Gasteiger charge is -2.09. The molecule has 0 aliphatic heterocycles. The molecule has 0 atom stereocenters. The highest BCUT2D eigenvalue weighted by molar-refractivity contribution is 6.00. The molecule has 1 aromatic carbocycles. The smallest absolute Gasteiger partial charge is 0.340 e. The van der Waals surface area contributed by atoms with Crippen molar-refractivity contribution < 1.29 is 19.1 Å². The molecule has 0 radical (unpaired) electrons. The molecule has 0 bridgehead atoms. The number of nitrogens with one attached hydrogen (secondary N) is 2. The van der Waals surface area contributed by atoms with Gasteiger partial charge in [0.05, 0.1) is 5.69 Å². The van der Waals surface area contributed by atoms with Crippen LogP contribution in [0.5, 0.6) is 0 Å². The second kappa shape index (κ2) is 4.40. The Hall–Kier alpha value is -2.11. The van der Waals surface area contributed by atoms with Gasteiger partial charge >= 0.3 is 12.0 Å². The number of benzene rings is 1. The van der Waals surface area contributed by atoms with E-state index in [0.29, 0.717) is 0 Å². The van der Waals surface area contributed by atoms with Crippen LogP contribution in [0, 0.1) is 5.82 Å². The molecule has 0 heterocycles. The summed E-state index contributed by atoms with van der Waals surface area (Å²) in [5.41, 5.74) is -0.575. The minimum Gasteiger partial charge on any atom is -0.478 e. The van der Waals surface area contributed by atoms with Gasteiger partial charge in [-0.2, -0.15) is 0 Å². The van der Waals surface area contributed by atoms with Crippen LogP contribution in [0.15, 0.2) is 18.2 Å². The Morgan fingerprint density at radius 3 is 2.65 bits per heavy atom. The number of amides is 2. The lowest BCUT2D eigenvalue weighted by Crippen LogP contribution is -2.31. The Balaban J connectivity index is 2.16. The first kappa shape index (κ1) is 11.4. The summed E-state index contributed by atoms with van der Waals surface area (Å²) >= 11 is 0. The minimum absolute atomic E-state index is 0.0457. The van der Waals surface area contributed by atoms with Crippen LogP contribution in [0.3, 0.4) is 0 Å². The summed E-state index contributed by atoms with van der Waals surface area (Å²) in [4.78, 5) is 22.3. The van der Waals surface area contributed by atoms with Crippen molar-refractivity contribution in [2.75, 3.05) is 5.32 Å². The zero-order valence-electron chi connectivity index (χ0n) is 8.87. The molecule has 1 aliphatic carbocycles. The second-order valence-corrected chi connectivity index (χ2v) is 3.84. The number of carboxylic acids is 1. The van der Waals surface area contributed by atoms with Gasteiger partial charge in [-0.1, -0.05) is 6.07 Å². The molecule has 3 N–H and O–H groups in total. The molecular formula is C11H11FN2O3. The fraction of sp³-hybridized carbons (Fsp3) is 0.273. The van der Waals surface area contributed by atoms with Crippen LogP contribution in [0.2, 0.25) is 0 Å². The molecular weight excluding hydrogens is 227 g/mol. The maximum Gasteiger partial charge on any atom is 0.340 e. The van der Waals surface area contributed by atoms with Crippen molar-refractivity contribution in [1.82, 2.24) is 5.32 Å². The van der Waals surface area contributed by atoms with Crippen LogP contribution < -0.4 is 10.6 Å². The van der Waals surface area contributed by atoms with E-state index >= 15 is 0 Å². The molecule has 1 aromatic rings. The third-order valence-corrected chi connectivity index (χ3v) is 2.39. The number of anilines is 1. The van der Waals surface area contributed by atoms with E-state index in [1.807, 2.05) is 0 Å². The summed E-state index contributed by atoms with van der Waals surface area (Å²) in [5.74, 6) is -2.29. The van der Waals surface area contributed by atoms with E-state index in [2.05, 4.69) is 10.6 Å². The number of aromatic carboxylic acids is 1. The van der Waals surface area contributed by atoms with Crippen molar-refractivity contribution in [3.05, 3.63) is 29.6 Å². The van der Waals surface area contributed by atoms with Crippen molar-refractivity contribution in [1.29, 1.82) is 0 Å². The first-order valence-corrected chi connectivity index (χ1v) is 5.17. The third-order valence-electron chi connectivity index (χ3n) is 2.39. The Kier molecular flexibility index (Phi) is 2.95.